The fourth-order valence-electron chi connectivity index (χ4n) is 4.42. The molecule has 1 atom stereocenters. The molecule has 0 bridgehead atoms. The summed E-state index contributed by atoms with van der Waals surface area (Å²) in [5.41, 5.74) is 1.39. The monoisotopic (exact) mass is 347 g/mol. The number of hydrogen-bond donors (Lipinski definition) is 0. The fraction of sp³-hybridized carbons (Fsp3) is 0.737. The number of aromatic nitrogens is 1. The zero-order valence-electron chi connectivity index (χ0n) is 15.6. The van der Waals surface area contributed by atoms with Crippen molar-refractivity contribution < 1.29 is 14.1 Å². The number of hydrogen-bond acceptors (Lipinski definition) is 4. The van der Waals surface area contributed by atoms with E-state index in [0.717, 1.165) is 51.0 Å². The van der Waals surface area contributed by atoms with Crippen LogP contribution in [0.15, 0.2) is 4.52 Å². The second kappa shape index (κ2) is 7.58. The maximum Gasteiger partial charge on any atom is 0.259 e. The second-order valence-corrected chi connectivity index (χ2v) is 7.32. The highest BCUT2D eigenvalue weighted by Crippen LogP contribution is 2.31. The van der Waals surface area contributed by atoms with Gasteiger partial charge in [-0.3, -0.25) is 9.59 Å². The van der Waals surface area contributed by atoms with Gasteiger partial charge in [-0.1, -0.05) is 12.1 Å². The summed E-state index contributed by atoms with van der Waals surface area (Å²) in [6.07, 6.45) is 6.04. The van der Waals surface area contributed by atoms with Crippen LogP contribution in [0.25, 0.3) is 0 Å². The van der Waals surface area contributed by atoms with E-state index in [1.54, 1.807) is 13.8 Å². The molecule has 138 valence electrons. The molecule has 2 aliphatic heterocycles. The van der Waals surface area contributed by atoms with Crippen LogP contribution in [0.2, 0.25) is 0 Å². The quantitative estimate of drug-likeness (QED) is 0.843. The molecule has 3 heterocycles. The molecule has 0 radical (unpaired) electrons. The molecule has 25 heavy (non-hydrogen) atoms. The van der Waals surface area contributed by atoms with Gasteiger partial charge in [0.15, 0.2) is 0 Å². The highest BCUT2D eigenvalue weighted by molar-refractivity contribution is 5.96. The van der Waals surface area contributed by atoms with Crippen molar-refractivity contribution in [2.24, 2.45) is 5.92 Å². The van der Waals surface area contributed by atoms with Gasteiger partial charge in [0.25, 0.3) is 5.91 Å². The van der Waals surface area contributed by atoms with Gasteiger partial charge in [0.1, 0.15) is 11.3 Å². The predicted octanol–water partition coefficient (Wildman–Crippen LogP) is 2.80. The highest BCUT2D eigenvalue weighted by Gasteiger charge is 2.35. The maximum absolute atomic E-state index is 12.9. The standard InChI is InChI=1S/C19H29N3O3/c1-4-16-18(13(2)25-20-16)19(24)21-11-8-15(9-12-21)17-7-5-6-10-22(17)14(3)23/h15,17H,4-12H2,1-3H3/t17-/m1/s1. The molecule has 1 aromatic rings. The summed E-state index contributed by atoms with van der Waals surface area (Å²) in [7, 11) is 0. The molecule has 0 unspecified atom stereocenters. The first kappa shape index (κ1) is 18.0. The lowest BCUT2D eigenvalue weighted by atomic mass is 9.83. The van der Waals surface area contributed by atoms with Crippen molar-refractivity contribution in [3.63, 3.8) is 0 Å². The van der Waals surface area contributed by atoms with Gasteiger partial charge in [-0.25, -0.2) is 0 Å². The van der Waals surface area contributed by atoms with E-state index < -0.39 is 0 Å². The Kier molecular flexibility index (Phi) is 5.45. The Morgan fingerprint density at radius 1 is 1.16 bits per heavy atom. The first-order valence-corrected chi connectivity index (χ1v) is 9.54. The maximum atomic E-state index is 12.9. The van der Waals surface area contributed by atoms with Crippen LogP contribution in [0.4, 0.5) is 0 Å². The van der Waals surface area contributed by atoms with Gasteiger partial charge in [-0.2, -0.15) is 0 Å². The molecule has 0 aliphatic carbocycles. The van der Waals surface area contributed by atoms with E-state index in [0.29, 0.717) is 29.7 Å². The second-order valence-electron chi connectivity index (χ2n) is 7.32. The molecule has 2 fully saturated rings. The SMILES string of the molecule is CCc1noc(C)c1C(=O)N1CCC([C@H]2CCCCN2C(C)=O)CC1. The van der Waals surface area contributed by atoms with E-state index in [1.807, 2.05) is 11.8 Å². The summed E-state index contributed by atoms with van der Waals surface area (Å²) in [5.74, 6) is 1.35. The average Bonchev–Trinajstić information content (AvgIpc) is 3.02. The molecular weight excluding hydrogens is 318 g/mol. The van der Waals surface area contributed by atoms with Crippen molar-refractivity contribution >= 4 is 11.8 Å². The molecule has 2 amide bonds. The van der Waals surface area contributed by atoms with Crippen LogP contribution in [0.3, 0.4) is 0 Å². The Morgan fingerprint density at radius 2 is 1.88 bits per heavy atom. The highest BCUT2D eigenvalue weighted by atomic mass is 16.5. The molecule has 6 nitrogen and oxygen atoms in total. The van der Waals surface area contributed by atoms with E-state index in [-0.39, 0.29) is 11.8 Å². The molecule has 6 heteroatoms. The first-order chi connectivity index (χ1) is 12.0. The molecule has 2 aliphatic rings. The minimum absolute atomic E-state index is 0.0427. The van der Waals surface area contributed by atoms with Gasteiger partial charge < -0.3 is 14.3 Å². The summed E-state index contributed by atoms with van der Waals surface area (Å²) in [6, 6.07) is 0.354. The summed E-state index contributed by atoms with van der Waals surface area (Å²) in [5, 5.41) is 4.00. The molecule has 1 aromatic heterocycles. The van der Waals surface area contributed by atoms with Crippen LogP contribution in [-0.4, -0.2) is 52.4 Å². The summed E-state index contributed by atoms with van der Waals surface area (Å²) in [4.78, 5) is 28.8. The van der Waals surface area contributed by atoms with Crippen LogP contribution < -0.4 is 0 Å². The lowest BCUT2D eigenvalue weighted by Gasteiger charge is -2.43. The van der Waals surface area contributed by atoms with Crippen LogP contribution in [0.5, 0.6) is 0 Å². The van der Waals surface area contributed by atoms with Crippen molar-refractivity contribution in [1.29, 1.82) is 0 Å². The van der Waals surface area contributed by atoms with E-state index in [9.17, 15) is 9.59 Å². The van der Waals surface area contributed by atoms with Crippen molar-refractivity contribution in [2.75, 3.05) is 19.6 Å². The number of nitrogens with zero attached hydrogens (tertiary/aromatic N) is 3. The number of carbonyl (C=O) groups is 2. The topological polar surface area (TPSA) is 66.7 Å². The third-order valence-electron chi connectivity index (χ3n) is 5.81. The summed E-state index contributed by atoms with van der Waals surface area (Å²) in [6.45, 7) is 7.86. The molecule has 2 saturated heterocycles. The fourth-order valence-corrected chi connectivity index (χ4v) is 4.42. The van der Waals surface area contributed by atoms with Gasteiger partial charge in [-0.05, 0) is 51.4 Å². The largest absolute Gasteiger partial charge is 0.361 e. The zero-order chi connectivity index (χ0) is 18.0. The van der Waals surface area contributed by atoms with Crippen LogP contribution >= 0.6 is 0 Å². The van der Waals surface area contributed by atoms with Gasteiger partial charge in [0, 0.05) is 32.6 Å². The number of piperidine rings is 2. The smallest absolute Gasteiger partial charge is 0.259 e. The van der Waals surface area contributed by atoms with Crippen LogP contribution in [-0.2, 0) is 11.2 Å². The van der Waals surface area contributed by atoms with Crippen molar-refractivity contribution in [2.45, 2.75) is 65.3 Å². The van der Waals surface area contributed by atoms with E-state index in [4.69, 9.17) is 4.52 Å². The minimum Gasteiger partial charge on any atom is -0.361 e. The van der Waals surface area contributed by atoms with Crippen molar-refractivity contribution in [1.82, 2.24) is 15.0 Å². The Bertz CT molecular complexity index is 632. The first-order valence-electron chi connectivity index (χ1n) is 9.54. The number of carbonyl (C=O) groups excluding carboxylic acids is 2. The van der Waals surface area contributed by atoms with Gasteiger partial charge >= 0.3 is 0 Å². The molecule has 0 aromatic carbocycles. The van der Waals surface area contributed by atoms with E-state index >= 15 is 0 Å². The Morgan fingerprint density at radius 3 is 2.52 bits per heavy atom. The van der Waals surface area contributed by atoms with E-state index in [2.05, 4.69) is 10.1 Å². The lowest BCUT2D eigenvalue weighted by Crippen LogP contribution is -2.50. The zero-order valence-corrected chi connectivity index (χ0v) is 15.6. The number of likely N-dealkylation sites (tertiary alicyclic amines) is 2. The van der Waals surface area contributed by atoms with Gasteiger partial charge in [-0.15, -0.1) is 0 Å². The van der Waals surface area contributed by atoms with E-state index in [1.165, 1.54) is 6.42 Å². The van der Waals surface area contributed by atoms with Crippen LogP contribution in [0, 0.1) is 12.8 Å². The molecule has 3 rings (SSSR count). The third-order valence-corrected chi connectivity index (χ3v) is 5.81. The van der Waals surface area contributed by atoms with Crippen molar-refractivity contribution in [3.05, 3.63) is 17.0 Å². The summed E-state index contributed by atoms with van der Waals surface area (Å²) >= 11 is 0. The Balaban J connectivity index is 1.64. The third kappa shape index (κ3) is 3.58. The summed E-state index contributed by atoms with van der Waals surface area (Å²) < 4.78 is 5.21. The predicted molar refractivity (Wildman–Crippen MR) is 94.3 cm³/mol. The molecule has 0 spiro atoms. The van der Waals surface area contributed by atoms with Crippen molar-refractivity contribution in [3.8, 4) is 0 Å². The number of rotatable bonds is 3. The normalized spacial score (nSPS) is 22.3. The van der Waals surface area contributed by atoms with Gasteiger partial charge in [0.2, 0.25) is 5.91 Å². The lowest BCUT2D eigenvalue weighted by molar-refractivity contribution is -0.134. The molecular formula is C19H29N3O3. The Hall–Kier alpha value is -1.85. The molecule has 0 saturated carbocycles. The van der Waals surface area contributed by atoms with Crippen LogP contribution in [0.1, 0.15) is 67.8 Å². The Labute approximate surface area is 149 Å². The molecule has 0 N–H and O–H groups in total. The average molecular weight is 347 g/mol. The van der Waals surface area contributed by atoms with Gasteiger partial charge in [0.05, 0.1) is 5.69 Å². The number of aryl methyl sites for hydroxylation is 2. The number of amides is 2. The minimum atomic E-state index is 0.0427.